The summed E-state index contributed by atoms with van der Waals surface area (Å²) in [7, 11) is 3.65. The zero-order chi connectivity index (χ0) is 14.6. The van der Waals surface area contributed by atoms with Crippen molar-refractivity contribution in [2.24, 2.45) is 4.99 Å². The molecule has 1 fully saturated rings. The number of amidine groups is 1. The summed E-state index contributed by atoms with van der Waals surface area (Å²) < 4.78 is 0. The highest BCUT2D eigenvalue weighted by molar-refractivity contribution is 6.07. The molecule has 0 bridgehead atoms. The third-order valence-electron chi connectivity index (χ3n) is 3.99. The van der Waals surface area contributed by atoms with Crippen LogP contribution < -0.4 is 0 Å². The number of amides is 1. The molecule has 0 aromatic heterocycles. The number of piperazine rings is 1. The van der Waals surface area contributed by atoms with Crippen LogP contribution in [0.3, 0.4) is 0 Å². The first-order chi connectivity index (χ1) is 9.06. The fourth-order valence-corrected chi connectivity index (χ4v) is 2.92. The Hall–Kier alpha value is -1.32. The van der Waals surface area contributed by atoms with Gasteiger partial charge in [-0.1, -0.05) is 26.8 Å². The van der Waals surface area contributed by atoms with Crippen molar-refractivity contribution in [3.8, 4) is 0 Å². The Morgan fingerprint density at radius 2 is 1.89 bits per heavy atom. The van der Waals surface area contributed by atoms with E-state index in [0.717, 1.165) is 30.8 Å². The van der Waals surface area contributed by atoms with Crippen LogP contribution in [-0.2, 0) is 4.79 Å². The molecule has 0 aromatic carbocycles. The molecule has 1 atom stereocenters. The molecule has 1 aliphatic heterocycles. The standard InChI is InChI=1S/C15H27N3O/c1-7-11(8-2)18-13(10-4)15(19)17(6)12(9-3)14(18)16-5/h9,11,13H,7-8,10H2,1-6H3/b12-9+,16-14?/t13-/m1/s1. The van der Waals surface area contributed by atoms with Crippen LogP contribution in [0.15, 0.2) is 16.8 Å². The molecular formula is C15H27N3O. The van der Waals surface area contributed by atoms with E-state index in [0.29, 0.717) is 6.04 Å². The fourth-order valence-electron chi connectivity index (χ4n) is 2.92. The van der Waals surface area contributed by atoms with Gasteiger partial charge in [-0.15, -0.1) is 0 Å². The lowest BCUT2D eigenvalue weighted by Gasteiger charge is -2.46. The molecule has 4 heteroatoms. The second-order valence-corrected chi connectivity index (χ2v) is 4.92. The largest absolute Gasteiger partial charge is 0.340 e. The predicted octanol–water partition coefficient (Wildman–Crippen LogP) is 2.66. The Bertz CT molecular complexity index is 383. The summed E-state index contributed by atoms with van der Waals surface area (Å²) in [5.74, 6) is 1.13. The van der Waals surface area contributed by atoms with Gasteiger partial charge in [0.1, 0.15) is 11.9 Å². The average Bonchev–Trinajstić information content (AvgIpc) is 2.43. The van der Waals surface area contributed by atoms with Crippen molar-refractivity contribution in [2.75, 3.05) is 14.1 Å². The van der Waals surface area contributed by atoms with Crippen LogP contribution in [0.25, 0.3) is 0 Å². The highest BCUT2D eigenvalue weighted by Gasteiger charge is 2.40. The minimum atomic E-state index is -0.0858. The summed E-state index contributed by atoms with van der Waals surface area (Å²) in [5, 5.41) is 0. The summed E-state index contributed by atoms with van der Waals surface area (Å²) in [6.07, 6.45) is 4.84. The van der Waals surface area contributed by atoms with E-state index in [-0.39, 0.29) is 11.9 Å². The van der Waals surface area contributed by atoms with Crippen LogP contribution in [0.4, 0.5) is 0 Å². The Morgan fingerprint density at radius 3 is 2.26 bits per heavy atom. The zero-order valence-corrected chi connectivity index (χ0v) is 13.1. The summed E-state index contributed by atoms with van der Waals surface area (Å²) in [6.45, 7) is 8.37. The number of carbonyl (C=O) groups excluding carboxylic acids is 1. The van der Waals surface area contributed by atoms with E-state index in [1.165, 1.54) is 0 Å². The minimum Gasteiger partial charge on any atom is -0.340 e. The highest BCUT2D eigenvalue weighted by Crippen LogP contribution is 2.27. The fraction of sp³-hybridized carbons (Fsp3) is 0.733. The van der Waals surface area contributed by atoms with Crippen LogP contribution in [-0.4, -0.2) is 47.7 Å². The molecule has 108 valence electrons. The monoisotopic (exact) mass is 265 g/mol. The van der Waals surface area contributed by atoms with Crippen molar-refractivity contribution in [1.29, 1.82) is 0 Å². The van der Waals surface area contributed by atoms with E-state index in [2.05, 4.69) is 30.7 Å². The van der Waals surface area contributed by atoms with Crippen molar-refractivity contribution >= 4 is 11.7 Å². The lowest BCUT2D eigenvalue weighted by atomic mass is 9.99. The van der Waals surface area contributed by atoms with E-state index in [1.54, 1.807) is 4.90 Å². The quantitative estimate of drug-likeness (QED) is 0.783. The van der Waals surface area contributed by atoms with Crippen molar-refractivity contribution in [3.63, 3.8) is 0 Å². The third kappa shape index (κ3) is 2.67. The van der Waals surface area contributed by atoms with Gasteiger partial charge in [-0.25, -0.2) is 0 Å². The Kier molecular flexibility index (Phi) is 5.58. The van der Waals surface area contributed by atoms with Gasteiger partial charge in [0, 0.05) is 20.1 Å². The molecule has 0 unspecified atom stereocenters. The lowest BCUT2D eigenvalue weighted by Crippen LogP contribution is -2.60. The Labute approximate surface area is 117 Å². The van der Waals surface area contributed by atoms with Gasteiger partial charge in [0.05, 0.1) is 5.70 Å². The maximum atomic E-state index is 12.5. The molecule has 0 radical (unpaired) electrons. The van der Waals surface area contributed by atoms with Gasteiger partial charge in [0.25, 0.3) is 0 Å². The molecule has 1 amide bonds. The molecule has 0 aromatic rings. The molecule has 0 N–H and O–H groups in total. The number of hydrogen-bond donors (Lipinski definition) is 0. The Morgan fingerprint density at radius 1 is 1.32 bits per heavy atom. The van der Waals surface area contributed by atoms with E-state index < -0.39 is 0 Å². The van der Waals surface area contributed by atoms with Crippen molar-refractivity contribution in [1.82, 2.24) is 9.80 Å². The highest BCUT2D eigenvalue weighted by atomic mass is 16.2. The average molecular weight is 265 g/mol. The zero-order valence-electron chi connectivity index (χ0n) is 13.1. The number of likely N-dealkylation sites (N-methyl/N-ethyl adjacent to an activating group) is 1. The van der Waals surface area contributed by atoms with Crippen LogP contribution in [0.1, 0.15) is 47.0 Å². The first-order valence-corrected chi connectivity index (χ1v) is 7.26. The van der Waals surface area contributed by atoms with Gasteiger partial charge < -0.3 is 9.80 Å². The van der Waals surface area contributed by atoms with Gasteiger partial charge >= 0.3 is 0 Å². The first kappa shape index (κ1) is 15.7. The number of hydrogen-bond acceptors (Lipinski definition) is 2. The molecule has 1 saturated heterocycles. The number of aliphatic imine (C=N–C) groups is 1. The van der Waals surface area contributed by atoms with E-state index in [4.69, 9.17) is 0 Å². The molecule has 1 heterocycles. The third-order valence-corrected chi connectivity index (χ3v) is 3.99. The van der Waals surface area contributed by atoms with Gasteiger partial charge in [-0.2, -0.15) is 0 Å². The van der Waals surface area contributed by atoms with Crippen LogP contribution >= 0.6 is 0 Å². The Balaban J connectivity index is 3.31. The molecule has 0 spiro atoms. The molecule has 0 saturated carbocycles. The number of nitrogens with zero attached hydrogens (tertiary/aromatic N) is 3. The summed E-state index contributed by atoms with van der Waals surface area (Å²) in [4.78, 5) is 21.0. The maximum absolute atomic E-state index is 12.5. The van der Waals surface area contributed by atoms with Gasteiger partial charge in [0.2, 0.25) is 5.91 Å². The molecule has 4 nitrogen and oxygen atoms in total. The second kappa shape index (κ2) is 6.73. The molecule has 1 aliphatic rings. The normalized spacial score (nSPS) is 25.0. The molecule has 19 heavy (non-hydrogen) atoms. The van der Waals surface area contributed by atoms with Crippen molar-refractivity contribution in [2.45, 2.75) is 59.0 Å². The summed E-state index contributed by atoms with van der Waals surface area (Å²) in [6, 6.07) is 0.286. The predicted molar refractivity (Wildman–Crippen MR) is 80.2 cm³/mol. The van der Waals surface area contributed by atoms with E-state index >= 15 is 0 Å². The topological polar surface area (TPSA) is 35.9 Å². The first-order valence-electron chi connectivity index (χ1n) is 7.26. The number of allylic oxidation sites excluding steroid dienone is 1. The van der Waals surface area contributed by atoms with Gasteiger partial charge in [0.15, 0.2) is 0 Å². The molecular weight excluding hydrogens is 238 g/mol. The summed E-state index contributed by atoms with van der Waals surface area (Å²) >= 11 is 0. The number of rotatable bonds is 4. The van der Waals surface area contributed by atoms with Crippen molar-refractivity contribution in [3.05, 3.63) is 11.8 Å². The summed E-state index contributed by atoms with van der Waals surface area (Å²) in [5.41, 5.74) is 0.920. The van der Waals surface area contributed by atoms with Crippen LogP contribution in [0.2, 0.25) is 0 Å². The SMILES string of the molecule is C/C=C1\C(=NC)N(C(CC)CC)[C@H](CC)C(=O)N1C. The lowest BCUT2D eigenvalue weighted by molar-refractivity contribution is -0.134. The van der Waals surface area contributed by atoms with E-state index in [9.17, 15) is 4.79 Å². The second-order valence-electron chi connectivity index (χ2n) is 4.92. The van der Waals surface area contributed by atoms with Gasteiger partial charge in [-0.3, -0.25) is 9.79 Å². The smallest absolute Gasteiger partial charge is 0.249 e. The molecule has 1 rings (SSSR count). The number of carbonyl (C=O) groups is 1. The minimum absolute atomic E-state index is 0.0858. The molecule has 0 aliphatic carbocycles. The maximum Gasteiger partial charge on any atom is 0.249 e. The van der Waals surface area contributed by atoms with Crippen LogP contribution in [0.5, 0.6) is 0 Å². The van der Waals surface area contributed by atoms with E-state index in [1.807, 2.05) is 27.1 Å². The van der Waals surface area contributed by atoms with Crippen LogP contribution in [0, 0.1) is 0 Å². The van der Waals surface area contributed by atoms with Crippen molar-refractivity contribution < 1.29 is 4.79 Å². The van der Waals surface area contributed by atoms with Gasteiger partial charge in [-0.05, 0) is 26.2 Å².